The minimum absolute atomic E-state index is 0.0393. The van der Waals surface area contributed by atoms with E-state index >= 15 is 0 Å². The van der Waals surface area contributed by atoms with Gasteiger partial charge in [0.1, 0.15) is 10.8 Å². The van der Waals surface area contributed by atoms with Crippen molar-refractivity contribution >= 4 is 17.2 Å². The third kappa shape index (κ3) is 4.67. The van der Waals surface area contributed by atoms with Crippen LogP contribution in [0.15, 0.2) is 54.2 Å². The fourth-order valence-corrected chi connectivity index (χ4v) is 3.35. The van der Waals surface area contributed by atoms with Gasteiger partial charge in [0.15, 0.2) is 0 Å². The quantitative estimate of drug-likeness (QED) is 0.637. The van der Waals surface area contributed by atoms with Crippen LogP contribution in [0.5, 0.6) is 5.75 Å². The fraction of sp³-hybridized carbons (Fsp3) is 0.250. The molecule has 6 heteroatoms. The Morgan fingerprint density at radius 1 is 1.23 bits per heavy atom. The number of amides is 1. The smallest absolute Gasteiger partial charge is 0.228 e. The van der Waals surface area contributed by atoms with Gasteiger partial charge in [0.2, 0.25) is 5.91 Å². The zero-order chi connectivity index (χ0) is 18.4. The van der Waals surface area contributed by atoms with Crippen molar-refractivity contribution in [2.45, 2.75) is 19.9 Å². The average Bonchev–Trinajstić information content (AvgIpc) is 3.12. The van der Waals surface area contributed by atoms with Gasteiger partial charge in [-0.25, -0.2) is 4.98 Å². The van der Waals surface area contributed by atoms with E-state index in [-0.39, 0.29) is 5.91 Å². The Morgan fingerprint density at radius 2 is 2.04 bits per heavy atom. The zero-order valence-electron chi connectivity index (χ0n) is 14.9. The molecule has 134 valence electrons. The number of carbonyl (C=O) groups excluding carboxylic acids is 1. The number of aromatic nitrogens is 2. The van der Waals surface area contributed by atoms with Crippen molar-refractivity contribution in [3.05, 3.63) is 65.4 Å². The minimum atomic E-state index is 0.0393. The molecule has 0 fully saturated rings. The molecule has 0 N–H and O–H groups in total. The van der Waals surface area contributed by atoms with Crippen molar-refractivity contribution in [3.63, 3.8) is 0 Å². The second-order valence-electron chi connectivity index (χ2n) is 5.89. The largest absolute Gasteiger partial charge is 0.494 e. The van der Waals surface area contributed by atoms with Gasteiger partial charge in [-0.1, -0.05) is 6.07 Å². The molecule has 0 saturated carbocycles. The molecular formula is C20H21N3O2S. The van der Waals surface area contributed by atoms with Crippen molar-refractivity contribution in [2.24, 2.45) is 0 Å². The molecule has 0 unspecified atom stereocenters. The lowest BCUT2D eigenvalue weighted by Gasteiger charge is -2.16. The Balaban J connectivity index is 1.61. The summed E-state index contributed by atoms with van der Waals surface area (Å²) in [5.74, 6) is 0.887. The van der Waals surface area contributed by atoms with Crippen LogP contribution in [-0.4, -0.2) is 34.4 Å². The van der Waals surface area contributed by atoms with Crippen molar-refractivity contribution in [2.75, 3.05) is 13.7 Å². The van der Waals surface area contributed by atoms with Crippen LogP contribution >= 0.6 is 11.3 Å². The summed E-state index contributed by atoms with van der Waals surface area (Å²) in [6.07, 6.45) is 3.80. The molecule has 0 radical (unpaired) electrons. The molecule has 1 aromatic carbocycles. The van der Waals surface area contributed by atoms with Crippen LogP contribution in [0.25, 0.3) is 10.6 Å². The van der Waals surface area contributed by atoms with Gasteiger partial charge in [-0.2, -0.15) is 0 Å². The van der Waals surface area contributed by atoms with Crippen LogP contribution in [-0.2, 0) is 17.8 Å². The molecule has 0 aliphatic carbocycles. The van der Waals surface area contributed by atoms with Crippen LogP contribution in [0.3, 0.4) is 0 Å². The molecule has 5 nitrogen and oxygen atoms in total. The predicted molar refractivity (Wildman–Crippen MR) is 103 cm³/mol. The highest BCUT2D eigenvalue weighted by Crippen LogP contribution is 2.26. The average molecular weight is 367 g/mol. The number of benzene rings is 1. The first-order chi connectivity index (χ1) is 12.7. The fourth-order valence-electron chi connectivity index (χ4n) is 2.52. The number of ether oxygens (including phenoxy) is 1. The van der Waals surface area contributed by atoms with Gasteiger partial charge >= 0.3 is 0 Å². The second kappa shape index (κ2) is 8.58. The standard InChI is InChI=1S/C20H21N3O2S/c1-3-25-18-8-6-16(7-9-18)20-22-17(14-26-20)11-19(24)23(2)13-15-5-4-10-21-12-15/h4-10,12,14H,3,11,13H2,1-2H3. The third-order valence-corrected chi connectivity index (χ3v) is 4.80. The monoisotopic (exact) mass is 367 g/mol. The van der Waals surface area contributed by atoms with Crippen LogP contribution < -0.4 is 4.74 Å². The molecule has 3 aromatic rings. The molecule has 2 heterocycles. The Morgan fingerprint density at radius 3 is 2.73 bits per heavy atom. The number of nitrogens with zero attached hydrogens (tertiary/aromatic N) is 3. The Kier molecular flexibility index (Phi) is 5.96. The van der Waals surface area contributed by atoms with Gasteiger partial charge < -0.3 is 9.64 Å². The maximum absolute atomic E-state index is 12.4. The first-order valence-corrected chi connectivity index (χ1v) is 9.34. The Hall–Kier alpha value is -2.73. The van der Waals surface area contributed by atoms with Gasteiger partial charge in [-0.05, 0) is 42.8 Å². The van der Waals surface area contributed by atoms with E-state index in [0.29, 0.717) is 19.6 Å². The van der Waals surface area contributed by atoms with Crippen LogP contribution in [0.4, 0.5) is 0 Å². The lowest BCUT2D eigenvalue weighted by atomic mass is 10.2. The molecule has 0 bridgehead atoms. The molecule has 1 amide bonds. The van der Waals surface area contributed by atoms with E-state index in [1.807, 2.05) is 48.7 Å². The molecule has 3 rings (SSSR count). The minimum Gasteiger partial charge on any atom is -0.494 e. The summed E-state index contributed by atoms with van der Waals surface area (Å²) in [5, 5.41) is 2.85. The molecular weight excluding hydrogens is 346 g/mol. The summed E-state index contributed by atoms with van der Waals surface area (Å²) in [6.45, 7) is 3.15. The number of carbonyl (C=O) groups is 1. The highest BCUT2D eigenvalue weighted by molar-refractivity contribution is 7.13. The summed E-state index contributed by atoms with van der Waals surface area (Å²) in [7, 11) is 1.80. The lowest BCUT2D eigenvalue weighted by Crippen LogP contribution is -2.27. The summed E-state index contributed by atoms with van der Waals surface area (Å²) in [6, 6.07) is 11.7. The van der Waals surface area contributed by atoms with Crippen LogP contribution in [0.1, 0.15) is 18.2 Å². The highest BCUT2D eigenvalue weighted by atomic mass is 32.1. The number of hydrogen-bond donors (Lipinski definition) is 0. The van der Waals surface area contributed by atoms with Gasteiger partial charge in [0, 0.05) is 36.9 Å². The predicted octanol–water partition coefficient (Wildman–Crippen LogP) is 3.80. The zero-order valence-corrected chi connectivity index (χ0v) is 15.7. The van der Waals surface area contributed by atoms with Gasteiger partial charge in [0.25, 0.3) is 0 Å². The van der Waals surface area contributed by atoms with E-state index in [4.69, 9.17) is 4.74 Å². The topological polar surface area (TPSA) is 55.3 Å². The molecule has 0 atom stereocenters. The van der Waals surface area contributed by atoms with E-state index in [1.165, 1.54) is 0 Å². The van der Waals surface area contributed by atoms with Gasteiger partial charge in [-0.15, -0.1) is 11.3 Å². The molecule has 0 saturated heterocycles. The summed E-state index contributed by atoms with van der Waals surface area (Å²) < 4.78 is 5.46. The van der Waals surface area contributed by atoms with Crippen molar-refractivity contribution in [3.8, 4) is 16.3 Å². The molecule has 0 aliphatic heterocycles. The Labute approximate surface area is 157 Å². The van der Waals surface area contributed by atoms with E-state index in [9.17, 15) is 4.79 Å². The first kappa shape index (κ1) is 18.1. The Bertz CT molecular complexity index is 847. The first-order valence-electron chi connectivity index (χ1n) is 8.46. The number of thiazole rings is 1. The van der Waals surface area contributed by atoms with Crippen molar-refractivity contribution in [1.29, 1.82) is 0 Å². The van der Waals surface area contributed by atoms with Gasteiger partial charge in [-0.3, -0.25) is 9.78 Å². The van der Waals surface area contributed by atoms with E-state index < -0.39 is 0 Å². The van der Waals surface area contributed by atoms with Crippen molar-refractivity contribution in [1.82, 2.24) is 14.9 Å². The lowest BCUT2D eigenvalue weighted by molar-refractivity contribution is -0.129. The van der Waals surface area contributed by atoms with Crippen LogP contribution in [0.2, 0.25) is 0 Å². The number of hydrogen-bond acceptors (Lipinski definition) is 5. The molecule has 26 heavy (non-hydrogen) atoms. The normalized spacial score (nSPS) is 10.5. The van der Waals surface area contributed by atoms with E-state index in [2.05, 4.69) is 9.97 Å². The number of pyridine rings is 1. The SMILES string of the molecule is CCOc1ccc(-c2nc(CC(=O)N(C)Cc3cccnc3)cs2)cc1. The maximum atomic E-state index is 12.4. The second-order valence-corrected chi connectivity index (χ2v) is 6.75. The number of rotatable bonds is 7. The molecule has 2 aromatic heterocycles. The van der Waals surface area contributed by atoms with E-state index in [1.54, 1.807) is 35.7 Å². The van der Waals surface area contributed by atoms with E-state index in [0.717, 1.165) is 27.6 Å². The summed E-state index contributed by atoms with van der Waals surface area (Å²) in [4.78, 5) is 22.8. The third-order valence-electron chi connectivity index (χ3n) is 3.86. The highest BCUT2D eigenvalue weighted by Gasteiger charge is 2.13. The summed E-state index contributed by atoms with van der Waals surface area (Å²) >= 11 is 1.55. The maximum Gasteiger partial charge on any atom is 0.228 e. The van der Waals surface area contributed by atoms with Crippen molar-refractivity contribution < 1.29 is 9.53 Å². The van der Waals surface area contributed by atoms with Gasteiger partial charge in [0.05, 0.1) is 18.7 Å². The molecule has 0 spiro atoms. The van der Waals surface area contributed by atoms with Crippen LogP contribution in [0, 0.1) is 0 Å². The molecule has 0 aliphatic rings. The number of likely N-dealkylation sites (N-methyl/N-ethyl adjacent to an activating group) is 1. The summed E-state index contributed by atoms with van der Waals surface area (Å²) in [5.41, 5.74) is 2.83.